The Bertz CT molecular complexity index is 1040. The highest BCUT2D eigenvalue weighted by Crippen LogP contribution is 2.29. The summed E-state index contributed by atoms with van der Waals surface area (Å²) in [5.41, 5.74) is 4.18. The minimum absolute atomic E-state index is 0.833. The summed E-state index contributed by atoms with van der Waals surface area (Å²) in [6.07, 6.45) is 3.66. The molecule has 0 saturated carbocycles. The standard InChI is InChI=1S/C21H19N3O2S/c1-25-17-7-3-15(4-8-17)14-27-21-20-13-19(23-24(20)12-11-22-21)16-5-9-18(26-2)10-6-16/h3-13H,14H2,1-2H3. The molecule has 6 heteroatoms. The number of ether oxygens (including phenoxy) is 2. The molecule has 0 N–H and O–H groups in total. The third-order valence-electron chi connectivity index (χ3n) is 4.27. The summed E-state index contributed by atoms with van der Waals surface area (Å²) < 4.78 is 12.3. The first-order chi connectivity index (χ1) is 13.3. The van der Waals surface area contributed by atoms with Crippen molar-refractivity contribution in [1.29, 1.82) is 0 Å². The van der Waals surface area contributed by atoms with Crippen LogP contribution in [0.15, 0.2) is 72.0 Å². The lowest BCUT2D eigenvalue weighted by Gasteiger charge is -2.04. The molecule has 136 valence electrons. The lowest BCUT2D eigenvalue weighted by atomic mass is 10.1. The molecule has 4 rings (SSSR count). The maximum atomic E-state index is 5.22. The predicted molar refractivity (Wildman–Crippen MR) is 108 cm³/mol. The topological polar surface area (TPSA) is 48.7 Å². The number of aromatic nitrogens is 3. The lowest BCUT2D eigenvalue weighted by molar-refractivity contribution is 0.414. The fourth-order valence-corrected chi connectivity index (χ4v) is 3.72. The smallest absolute Gasteiger partial charge is 0.122 e. The van der Waals surface area contributed by atoms with Crippen LogP contribution in [0, 0.1) is 0 Å². The van der Waals surface area contributed by atoms with E-state index in [2.05, 4.69) is 28.3 Å². The lowest BCUT2D eigenvalue weighted by Crippen LogP contribution is -1.91. The number of fused-ring (bicyclic) bond motifs is 1. The van der Waals surface area contributed by atoms with Crippen molar-refractivity contribution in [3.8, 4) is 22.8 Å². The van der Waals surface area contributed by atoms with E-state index in [0.29, 0.717) is 0 Å². The van der Waals surface area contributed by atoms with Gasteiger partial charge in [0.05, 0.1) is 25.4 Å². The average molecular weight is 377 g/mol. The summed E-state index contributed by atoms with van der Waals surface area (Å²) in [5, 5.41) is 5.64. The molecule has 0 aliphatic heterocycles. The molecule has 0 spiro atoms. The number of thioether (sulfide) groups is 1. The zero-order valence-electron chi connectivity index (χ0n) is 15.1. The Kier molecular flexibility index (Phi) is 4.98. The Hall–Kier alpha value is -2.99. The molecule has 2 heterocycles. The van der Waals surface area contributed by atoms with E-state index in [0.717, 1.165) is 39.1 Å². The highest BCUT2D eigenvalue weighted by molar-refractivity contribution is 7.98. The largest absolute Gasteiger partial charge is 0.497 e. The molecular weight excluding hydrogens is 358 g/mol. The molecule has 27 heavy (non-hydrogen) atoms. The van der Waals surface area contributed by atoms with Crippen LogP contribution in [0.5, 0.6) is 11.5 Å². The van der Waals surface area contributed by atoms with Crippen molar-refractivity contribution in [1.82, 2.24) is 14.6 Å². The number of nitrogens with zero attached hydrogens (tertiary/aromatic N) is 3. The van der Waals surface area contributed by atoms with Crippen molar-refractivity contribution in [2.24, 2.45) is 0 Å². The van der Waals surface area contributed by atoms with Crippen molar-refractivity contribution in [3.63, 3.8) is 0 Å². The van der Waals surface area contributed by atoms with E-state index in [4.69, 9.17) is 9.47 Å². The quantitative estimate of drug-likeness (QED) is 0.456. The van der Waals surface area contributed by atoms with Gasteiger partial charge >= 0.3 is 0 Å². The zero-order chi connectivity index (χ0) is 18.6. The third-order valence-corrected chi connectivity index (χ3v) is 5.34. The molecule has 4 aromatic rings. The number of rotatable bonds is 6. The second-order valence-electron chi connectivity index (χ2n) is 5.96. The van der Waals surface area contributed by atoms with Crippen LogP contribution < -0.4 is 9.47 Å². The summed E-state index contributed by atoms with van der Waals surface area (Å²) in [6, 6.07) is 18.1. The van der Waals surface area contributed by atoms with Gasteiger partial charge in [0.1, 0.15) is 16.5 Å². The van der Waals surface area contributed by atoms with Crippen molar-refractivity contribution in [2.45, 2.75) is 10.8 Å². The monoisotopic (exact) mass is 377 g/mol. The second kappa shape index (κ2) is 7.72. The molecule has 0 radical (unpaired) electrons. The molecule has 0 saturated heterocycles. The van der Waals surface area contributed by atoms with Crippen LogP contribution >= 0.6 is 11.8 Å². The average Bonchev–Trinajstić information content (AvgIpc) is 3.17. The van der Waals surface area contributed by atoms with Crippen molar-refractivity contribution in [2.75, 3.05) is 14.2 Å². The van der Waals surface area contributed by atoms with Gasteiger partial charge in [-0.3, -0.25) is 0 Å². The Labute approximate surface area is 162 Å². The fraction of sp³-hybridized carbons (Fsp3) is 0.143. The van der Waals surface area contributed by atoms with Crippen LogP contribution in [0.2, 0.25) is 0 Å². The van der Waals surface area contributed by atoms with Crippen LogP contribution in [-0.2, 0) is 5.75 Å². The van der Waals surface area contributed by atoms with Gasteiger partial charge in [0.2, 0.25) is 0 Å². The molecule has 0 atom stereocenters. The van der Waals surface area contributed by atoms with E-state index < -0.39 is 0 Å². The van der Waals surface area contributed by atoms with Crippen LogP contribution in [0.4, 0.5) is 0 Å². The van der Waals surface area contributed by atoms with E-state index in [9.17, 15) is 0 Å². The van der Waals surface area contributed by atoms with E-state index in [1.165, 1.54) is 5.56 Å². The molecule has 2 aromatic heterocycles. The Morgan fingerprint density at radius 2 is 1.59 bits per heavy atom. The van der Waals surface area contributed by atoms with Gasteiger partial charge in [0.25, 0.3) is 0 Å². The van der Waals surface area contributed by atoms with Crippen molar-refractivity contribution < 1.29 is 9.47 Å². The molecule has 0 amide bonds. The van der Waals surface area contributed by atoms with Crippen LogP contribution in [0.3, 0.4) is 0 Å². The molecule has 0 bridgehead atoms. The molecule has 2 aromatic carbocycles. The number of benzene rings is 2. The SMILES string of the molecule is COc1ccc(CSc2nccn3nc(-c4ccc(OC)cc4)cc23)cc1. The second-order valence-corrected chi connectivity index (χ2v) is 6.92. The van der Waals surface area contributed by atoms with Crippen LogP contribution in [0.1, 0.15) is 5.56 Å². The summed E-state index contributed by atoms with van der Waals surface area (Å²) >= 11 is 1.70. The minimum atomic E-state index is 0.833. The third kappa shape index (κ3) is 3.75. The van der Waals surface area contributed by atoms with Gasteiger partial charge in [-0.15, -0.1) is 0 Å². The molecule has 0 aliphatic rings. The Morgan fingerprint density at radius 3 is 2.26 bits per heavy atom. The van der Waals surface area contributed by atoms with Gasteiger partial charge in [0.15, 0.2) is 0 Å². The summed E-state index contributed by atoms with van der Waals surface area (Å²) in [5.74, 6) is 2.53. The van der Waals surface area contributed by atoms with Crippen molar-refractivity contribution >= 4 is 17.3 Å². The first-order valence-electron chi connectivity index (χ1n) is 8.51. The first-order valence-corrected chi connectivity index (χ1v) is 9.50. The van der Waals surface area contributed by atoms with E-state index in [-0.39, 0.29) is 0 Å². The zero-order valence-corrected chi connectivity index (χ0v) is 15.9. The van der Waals surface area contributed by atoms with Gasteiger partial charge in [-0.25, -0.2) is 9.50 Å². The van der Waals surface area contributed by atoms with Crippen LogP contribution in [0.25, 0.3) is 16.8 Å². The Morgan fingerprint density at radius 1 is 0.926 bits per heavy atom. The fourth-order valence-electron chi connectivity index (χ4n) is 2.79. The van der Waals surface area contributed by atoms with Gasteiger partial charge < -0.3 is 9.47 Å². The normalized spacial score (nSPS) is 10.9. The summed E-state index contributed by atoms with van der Waals surface area (Å²) in [4.78, 5) is 4.55. The maximum Gasteiger partial charge on any atom is 0.122 e. The first kappa shape index (κ1) is 17.4. The number of hydrogen-bond donors (Lipinski definition) is 0. The van der Waals surface area contributed by atoms with E-state index in [1.54, 1.807) is 32.2 Å². The molecule has 5 nitrogen and oxygen atoms in total. The maximum absolute atomic E-state index is 5.22. The minimum Gasteiger partial charge on any atom is -0.497 e. The number of methoxy groups -OCH3 is 2. The highest BCUT2D eigenvalue weighted by Gasteiger charge is 2.10. The molecule has 0 aliphatic carbocycles. The van der Waals surface area contributed by atoms with Crippen molar-refractivity contribution in [3.05, 3.63) is 72.6 Å². The number of hydrogen-bond acceptors (Lipinski definition) is 5. The van der Waals surface area contributed by atoms with Crippen LogP contribution in [-0.4, -0.2) is 28.8 Å². The summed E-state index contributed by atoms with van der Waals surface area (Å²) in [7, 11) is 3.34. The van der Waals surface area contributed by atoms with E-state index >= 15 is 0 Å². The van der Waals surface area contributed by atoms with Gasteiger partial charge in [-0.05, 0) is 48.0 Å². The molecule has 0 unspecified atom stereocenters. The summed E-state index contributed by atoms with van der Waals surface area (Å²) in [6.45, 7) is 0. The molecule has 0 fully saturated rings. The predicted octanol–water partition coefficient (Wildman–Crippen LogP) is 4.71. The Balaban J connectivity index is 1.58. The molecular formula is C21H19N3O2S. The van der Waals surface area contributed by atoms with E-state index in [1.807, 2.05) is 47.1 Å². The van der Waals surface area contributed by atoms with Gasteiger partial charge in [0, 0.05) is 23.7 Å². The van der Waals surface area contributed by atoms with Gasteiger partial charge in [-0.2, -0.15) is 5.10 Å². The van der Waals surface area contributed by atoms with Gasteiger partial charge in [-0.1, -0.05) is 23.9 Å². The highest BCUT2D eigenvalue weighted by atomic mass is 32.2.